The molecule has 0 aliphatic heterocycles. The fourth-order valence-corrected chi connectivity index (χ4v) is 3.01. The third-order valence-corrected chi connectivity index (χ3v) is 4.16. The molecule has 21 heavy (non-hydrogen) atoms. The molecule has 0 atom stereocenters. The second-order valence-corrected chi connectivity index (χ2v) is 5.81. The Hall–Kier alpha value is -2.02. The Balaban J connectivity index is 1.85. The van der Waals surface area contributed by atoms with Crippen LogP contribution in [0.3, 0.4) is 0 Å². The lowest BCUT2D eigenvalue weighted by Gasteiger charge is -2.25. The molecule has 1 heteroatoms. The van der Waals surface area contributed by atoms with Gasteiger partial charge >= 0.3 is 0 Å². The SMILES string of the molecule is C(=C(\NC1CCCCC1)c1ccccc1)/c1ccccc1. The summed E-state index contributed by atoms with van der Waals surface area (Å²) in [7, 11) is 0. The highest BCUT2D eigenvalue weighted by atomic mass is 14.9. The molecule has 108 valence electrons. The predicted octanol–water partition coefficient (Wildman–Crippen LogP) is 5.11. The van der Waals surface area contributed by atoms with E-state index in [2.05, 4.69) is 72.1 Å². The summed E-state index contributed by atoms with van der Waals surface area (Å²) in [6.07, 6.45) is 8.94. The molecule has 1 aliphatic rings. The van der Waals surface area contributed by atoms with Crippen molar-refractivity contribution in [3.63, 3.8) is 0 Å². The second-order valence-electron chi connectivity index (χ2n) is 5.81. The summed E-state index contributed by atoms with van der Waals surface area (Å²) >= 11 is 0. The van der Waals surface area contributed by atoms with Gasteiger partial charge in [-0.15, -0.1) is 0 Å². The van der Waals surface area contributed by atoms with Gasteiger partial charge in [-0.05, 0) is 30.0 Å². The van der Waals surface area contributed by atoms with Gasteiger partial charge in [-0.2, -0.15) is 0 Å². The highest BCUT2D eigenvalue weighted by molar-refractivity contribution is 5.80. The van der Waals surface area contributed by atoms with Crippen molar-refractivity contribution >= 4 is 11.8 Å². The van der Waals surface area contributed by atoms with Crippen molar-refractivity contribution in [2.75, 3.05) is 0 Å². The molecule has 0 aromatic heterocycles. The van der Waals surface area contributed by atoms with E-state index in [0.29, 0.717) is 6.04 Å². The van der Waals surface area contributed by atoms with Crippen molar-refractivity contribution in [2.45, 2.75) is 38.1 Å². The van der Waals surface area contributed by atoms with Gasteiger partial charge in [0.1, 0.15) is 0 Å². The average molecular weight is 277 g/mol. The molecule has 0 amide bonds. The molecule has 1 N–H and O–H groups in total. The number of benzene rings is 2. The quantitative estimate of drug-likeness (QED) is 0.766. The van der Waals surface area contributed by atoms with E-state index in [9.17, 15) is 0 Å². The lowest BCUT2D eigenvalue weighted by Crippen LogP contribution is -2.29. The van der Waals surface area contributed by atoms with Crippen LogP contribution in [0.25, 0.3) is 11.8 Å². The maximum atomic E-state index is 3.78. The Labute approximate surface area is 127 Å². The second kappa shape index (κ2) is 7.12. The molecule has 0 saturated heterocycles. The molecule has 1 fully saturated rings. The van der Waals surface area contributed by atoms with Gasteiger partial charge in [0.05, 0.1) is 0 Å². The summed E-state index contributed by atoms with van der Waals surface area (Å²) in [6, 6.07) is 21.8. The standard InChI is InChI=1S/C20H23N/c1-4-10-17(11-5-1)16-20(18-12-6-2-7-13-18)21-19-14-8-3-9-15-19/h1-2,4-7,10-13,16,19,21H,3,8-9,14-15H2/b20-16+. The molecule has 0 spiro atoms. The summed E-state index contributed by atoms with van der Waals surface area (Å²) in [4.78, 5) is 0. The molecule has 1 saturated carbocycles. The molecule has 1 nitrogen and oxygen atoms in total. The van der Waals surface area contributed by atoms with Gasteiger partial charge in [0.2, 0.25) is 0 Å². The minimum atomic E-state index is 0.619. The maximum Gasteiger partial charge on any atom is 0.0421 e. The number of rotatable bonds is 4. The van der Waals surface area contributed by atoms with Gasteiger partial charge in [-0.25, -0.2) is 0 Å². The fourth-order valence-electron chi connectivity index (χ4n) is 3.01. The van der Waals surface area contributed by atoms with E-state index in [0.717, 1.165) is 0 Å². The van der Waals surface area contributed by atoms with Crippen LogP contribution in [0, 0.1) is 0 Å². The van der Waals surface area contributed by atoms with Crippen LogP contribution >= 0.6 is 0 Å². The summed E-state index contributed by atoms with van der Waals surface area (Å²) in [6.45, 7) is 0. The van der Waals surface area contributed by atoms with Crippen LogP contribution < -0.4 is 5.32 Å². The van der Waals surface area contributed by atoms with E-state index >= 15 is 0 Å². The third-order valence-electron chi connectivity index (χ3n) is 4.16. The number of hydrogen-bond donors (Lipinski definition) is 1. The molecule has 3 rings (SSSR count). The van der Waals surface area contributed by atoms with Crippen molar-refractivity contribution in [3.8, 4) is 0 Å². The van der Waals surface area contributed by atoms with E-state index in [1.54, 1.807) is 0 Å². The minimum Gasteiger partial charge on any atom is -0.382 e. The van der Waals surface area contributed by atoms with E-state index in [1.807, 2.05) is 0 Å². The van der Waals surface area contributed by atoms with Crippen LogP contribution in [-0.2, 0) is 0 Å². The lowest BCUT2D eigenvalue weighted by atomic mass is 9.94. The van der Waals surface area contributed by atoms with Crippen LogP contribution in [0.4, 0.5) is 0 Å². The van der Waals surface area contributed by atoms with Crippen LogP contribution in [-0.4, -0.2) is 6.04 Å². The first-order chi connectivity index (χ1) is 10.4. The topological polar surface area (TPSA) is 12.0 Å². The molecule has 2 aromatic rings. The smallest absolute Gasteiger partial charge is 0.0421 e. The molecule has 0 bridgehead atoms. The van der Waals surface area contributed by atoms with Crippen LogP contribution in [0.15, 0.2) is 60.7 Å². The molecule has 0 unspecified atom stereocenters. The third kappa shape index (κ3) is 3.98. The Bertz CT molecular complexity index is 565. The zero-order valence-electron chi connectivity index (χ0n) is 12.5. The molecule has 0 heterocycles. The first kappa shape index (κ1) is 13.9. The Morgan fingerprint density at radius 2 is 1.43 bits per heavy atom. The van der Waals surface area contributed by atoms with Gasteiger partial charge in [-0.1, -0.05) is 79.9 Å². The van der Waals surface area contributed by atoms with Gasteiger partial charge in [0.25, 0.3) is 0 Å². The number of nitrogens with one attached hydrogen (secondary N) is 1. The van der Waals surface area contributed by atoms with Gasteiger partial charge < -0.3 is 5.32 Å². The van der Waals surface area contributed by atoms with Crippen molar-refractivity contribution in [1.29, 1.82) is 0 Å². The minimum absolute atomic E-state index is 0.619. The highest BCUT2D eigenvalue weighted by Gasteiger charge is 2.14. The first-order valence-electron chi connectivity index (χ1n) is 8.00. The Morgan fingerprint density at radius 3 is 2.10 bits per heavy atom. The highest BCUT2D eigenvalue weighted by Crippen LogP contribution is 2.22. The average Bonchev–Trinajstić information content (AvgIpc) is 2.57. The van der Waals surface area contributed by atoms with Crippen LogP contribution in [0.5, 0.6) is 0 Å². The van der Waals surface area contributed by atoms with Crippen molar-refractivity contribution in [2.24, 2.45) is 0 Å². The fraction of sp³-hybridized carbons (Fsp3) is 0.300. The molecule has 2 aromatic carbocycles. The predicted molar refractivity (Wildman–Crippen MR) is 90.8 cm³/mol. The lowest BCUT2D eigenvalue weighted by molar-refractivity contribution is 0.409. The summed E-state index contributed by atoms with van der Waals surface area (Å²) in [5, 5.41) is 3.78. The summed E-state index contributed by atoms with van der Waals surface area (Å²) < 4.78 is 0. The zero-order chi connectivity index (χ0) is 14.3. The van der Waals surface area contributed by atoms with E-state index in [1.165, 1.54) is 48.9 Å². The monoisotopic (exact) mass is 277 g/mol. The molecular weight excluding hydrogens is 254 g/mol. The van der Waals surface area contributed by atoms with Crippen molar-refractivity contribution in [3.05, 3.63) is 71.8 Å². The Kier molecular flexibility index (Phi) is 4.73. The zero-order valence-corrected chi connectivity index (χ0v) is 12.5. The first-order valence-corrected chi connectivity index (χ1v) is 8.00. The molecule has 1 aliphatic carbocycles. The van der Waals surface area contributed by atoms with E-state index < -0.39 is 0 Å². The van der Waals surface area contributed by atoms with Crippen molar-refractivity contribution in [1.82, 2.24) is 5.32 Å². The van der Waals surface area contributed by atoms with Crippen LogP contribution in [0.2, 0.25) is 0 Å². The van der Waals surface area contributed by atoms with E-state index in [-0.39, 0.29) is 0 Å². The number of hydrogen-bond acceptors (Lipinski definition) is 1. The van der Waals surface area contributed by atoms with E-state index in [4.69, 9.17) is 0 Å². The van der Waals surface area contributed by atoms with Crippen LogP contribution in [0.1, 0.15) is 43.2 Å². The van der Waals surface area contributed by atoms with Gasteiger partial charge in [0.15, 0.2) is 0 Å². The van der Waals surface area contributed by atoms with Gasteiger partial charge in [-0.3, -0.25) is 0 Å². The summed E-state index contributed by atoms with van der Waals surface area (Å²) in [5.41, 5.74) is 3.76. The summed E-state index contributed by atoms with van der Waals surface area (Å²) in [5.74, 6) is 0. The van der Waals surface area contributed by atoms with Gasteiger partial charge in [0, 0.05) is 11.7 Å². The molecule has 0 radical (unpaired) electrons. The molecular formula is C20H23N. The van der Waals surface area contributed by atoms with Crippen molar-refractivity contribution < 1.29 is 0 Å². The Morgan fingerprint density at radius 1 is 0.810 bits per heavy atom. The normalized spacial score (nSPS) is 16.7. The largest absolute Gasteiger partial charge is 0.382 e. The maximum absolute atomic E-state index is 3.78.